The Labute approximate surface area is 95.5 Å². The third-order valence-electron chi connectivity index (χ3n) is 2.73. The molecule has 0 radical (unpaired) electrons. The van der Waals surface area contributed by atoms with Crippen LogP contribution in [0.3, 0.4) is 0 Å². The van der Waals surface area contributed by atoms with Crippen molar-refractivity contribution in [3.63, 3.8) is 0 Å². The first kappa shape index (κ1) is 11.0. The largest absolute Gasteiger partial charge is 0.351 e. The smallest absolute Gasteiger partial charge is 0.271 e. The van der Waals surface area contributed by atoms with Crippen LogP contribution in [0.4, 0.5) is 0 Å². The fourth-order valence-electron chi connectivity index (χ4n) is 1.53. The second-order valence-electron chi connectivity index (χ2n) is 4.23. The molecule has 1 aromatic heterocycles. The highest BCUT2D eigenvalue weighted by molar-refractivity contribution is 5.91. The lowest BCUT2D eigenvalue weighted by Crippen LogP contribution is -2.25. The molecule has 16 heavy (non-hydrogen) atoms. The quantitative estimate of drug-likeness (QED) is 0.769. The van der Waals surface area contributed by atoms with Crippen LogP contribution in [0, 0.1) is 0 Å². The Bertz CT molecular complexity index is 357. The Balaban J connectivity index is 1.90. The zero-order valence-corrected chi connectivity index (χ0v) is 9.57. The summed E-state index contributed by atoms with van der Waals surface area (Å²) in [5.41, 5.74) is 1.44. The van der Waals surface area contributed by atoms with Crippen LogP contribution in [0.15, 0.2) is 12.1 Å². The summed E-state index contributed by atoms with van der Waals surface area (Å²) < 4.78 is 0. The minimum absolute atomic E-state index is 0.122. The Kier molecular flexibility index (Phi) is 3.49. The Morgan fingerprint density at radius 3 is 2.81 bits per heavy atom. The van der Waals surface area contributed by atoms with E-state index in [0.29, 0.717) is 18.2 Å². The first-order valence-corrected chi connectivity index (χ1v) is 5.93. The Hall–Kier alpha value is -1.45. The molecule has 0 spiro atoms. The molecule has 1 aliphatic rings. The number of hydrogen-bond donors (Lipinski definition) is 1. The van der Waals surface area contributed by atoms with Gasteiger partial charge in [0.15, 0.2) is 5.69 Å². The van der Waals surface area contributed by atoms with E-state index in [1.807, 2.05) is 6.07 Å². The number of unbranched alkanes of at least 4 members (excludes halogenated alkanes) is 1. The van der Waals surface area contributed by atoms with Crippen molar-refractivity contribution in [2.45, 2.75) is 38.5 Å². The summed E-state index contributed by atoms with van der Waals surface area (Å²) in [5.74, 6) is 0.466. The average Bonchev–Trinajstić information content (AvgIpc) is 3.13. The molecule has 1 heterocycles. The van der Waals surface area contributed by atoms with Crippen molar-refractivity contribution in [2.75, 3.05) is 6.54 Å². The van der Waals surface area contributed by atoms with Crippen LogP contribution in [-0.2, 0) is 0 Å². The molecule has 0 aliphatic heterocycles. The molecule has 4 nitrogen and oxygen atoms in total. The molecule has 1 aliphatic carbocycles. The molecule has 1 aromatic rings. The van der Waals surface area contributed by atoms with E-state index in [1.165, 1.54) is 12.8 Å². The van der Waals surface area contributed by atoms with E-state index < -0.39 is 0 Å². The Morgan fingerprint density at radius 1 is 1.44 bits per heavy atom. The normalized spacial score (nSPS) is 14.8. The van der Waals surface area contributed by atoms with Gasteiger partial charge in [-0.1, -0.05) is 13.3 Å². The average molecular weight is 219 g/mol. The van der Waals surface area contributed by atoms with Crippen LogP contribution in [0.25, 0.3) is 0 Å². The van der Waals surface area contributed by atoms with Gasteiger partial charge < -0.3 is 5.32 Å². The van der Waals surface area contributed by atoms with Gasteiger partial charge in [-0.05, 0) is 31.4 Å². The number of rotatable bonds is 5. The van der Waals surface area contributed by atoms with Crippen LogP contribution in [0.5, 0.6) is 0 Å². The van der Waals surface area contributed by atoms with Crippen molar-refractivity contribution in [2.24, 2.45) is 0 Å². The maximum absolute atomic E-state index is 11.6. The summed E-state index contributed by atoms with van der Waals surface area (Å²) in [6, 6.07) is 3.68. The lowest BCUT2D eigenvalue weighted by Gasteiger charge is -2.03. The minimum Gasteiger partial charge on any atom is -0.351 e. The third kappa shape index (κ3) is 2.78. The van der Waals surface area contributed by atoms with E-state index in [9.17, 15) is 4.79 Å². The maximum atomic E-state index is 11.6. The molecule has 1 fully saturated rings. The molecule has 0 saturated heterocycles. The van der Waals surface area contributed by atoms with E-state index in [1.54, 1.807) is 6.07 Å². The van der Waals surface area contributed by atoms with Crippen LogP contribution < -0.4 is 5.32 Å². The number of aromatic nitrogens is 2. The number of hydrogen-bond acceptors (Lipinski definition) is 3. The van der Waals surface area contributed by atoms with Gasteiger partial charge in [0.25, 0.3) is 5.91 Å². The van der Waals surface area contributed by atoms with Crippen LogP contribution in [0.2, 0.25) is 0 Å². The molecular formula is C12H17N3O. The predicted octanol–water partition coefficient (Wildman–Crippen LogP) is 1.88. The molecular weight excluding hydrogens is 202 g/mol. The first-order chi connectivity index (χ1) is 7.81. The SMILES string of the molecule is CCCCNC(=O)c1ccc(C2CC2)nn1. The summed E-state index contributed by atoms with van der Waals surface area (Å²) >= 11 is 0. The van der Waals surface area contributed by atoms with Gasteiger partial charge in [0.1, 0.15) is 0 Å². The van der Waals surface area contributed by atoms with Gasteiger partial charge in [-0.3, -0.25) is 4.79 Å². The van der Waals surface area contributed by atoms with E-state index in [2.05, 4.69) is 22.4 Å². The third-order valence-corrected chi connectivity index (χ3v) is 2.73. The zero-order chi connectivity index (χ0) is 11.4. The second kappa shape index (κ2) is 5.05. The van der Waals surface area contributed by atoms with Gasteiger partial charge in [0.2, 0.25) is 0 Å². The van der Waals surface area contributed by atoms with Crippen molar-refractivity contribution < 1.29 is 4.79 Å². The first-order valence-electron chi connectivity index (χ1n) is 5.93. The molecule has 1 amide bonds. The fourth-order valence-corrected chi connectivity index (χ4v) is 1.53. The summed E-state index contributed by atoms with van der Waals surface area (Å²) in [4.78, 5) is 11.6. The molecule has 0 unspecified atom stereocenters. The summed E-state index contributed by atoms with van der Waals surface area (Å²) in [5, 5.41) is 10.9. The van der Waals surface area contributed by atoms with Crippen molar-refractivity contribution >= 4 is 5.91 Å². The molecule has 86 valence electrons. The number of carbonyl (C=O) groups is 1. The lowest BCUT2D eigenvalue weighted by molar-refractivity contribution is 0.0947. The van der Waals surface area contributed by atoms with E-state index in [4.69, 9.17) is 0 Å². The highest BCUT2D eigenvalue weighted by atomic mass is 16.1. The van der Waals surface area contributed by atoms with E-state index in [-0.39, 0.29) is 5.91 Å². The van der Waals surface area contributed by atoms with Crippen molar-refractivity contribution in [1.82, 2.24) is 15.5 Å². The number of carbonyl (C=O) groups excluding carboxylic acids is 1. The topological polar surface area (TPSA) is 54.9 Å². The van der Waals surface area contributed by atoms with Crippen LogP contribution in [0.1, 0.15) is 54.7 Å². The van der Waals surface area contributed by atoms with Crippen LogP contribution in [-0.4, -0.2) is 22.6 Å². The minimum atomic E-state index is -0.122. The second-order valence-corrected chi connectivity index (χ2v) is 4.23. The molecule has 0 bridgehead atoms. The Morgan fingerprint density at radius 2 is 2.25 bits per heavy atom. The van der Waals surface area contributed by atoms with Crippen molar-refractivity contribution in [3.8, 4) is 0 Å². The van der Waals surface area contributed by atoms with E-state index in [0.717, 1.165) is 18.5 Å². The summed E-state index contributed by atoms with van der Waals surface area (Å²) in [6.45, 7) is 2.80. The standard InChI is InChI=1S/C12H17N3O/c1-2-3-8-13-12(16)11-7-6-10(14-15-11)9-4-5-9/h6-7,9H,2-5,8H2,1H3,(H,13,16). The summed E-state index contributed by atoms with van der Waals surface area (Å²) in [6.07, 6.45) is 4.49. The van der Waals surface area contributed by atoms with Gasteiger partial charge >= 0.3 is 0 Å². The number of nitrogens with one attached hydrogen (secondary N) is 1. The lowest BCUT2D eigenvalue weighted by atomic mass is 10.2. The number of nitrogens with zero attached hydrogens (tertiary/aromatic N) is 2. The summed E-state index contributed by atoms with van der Waals surface area (Å²) in [7, 11) is 0. The van der Waals surface area contributed by atoms with Gasteiger partial charge in [-0.25, -0.2) is 0 Å². The zero-order valence-electron chi connectivity index (χ0n) is 9.57. The van der Waals surface area contributed by atoms with Gasteiger partial charge in [0, 0.05) is 12.5 Å². The molecule has 2 rings (SSSR count). The monoisotopic (exact) mass is 219 g/mol. The number of amides is 1. The van der Waals surface area contributed by atoms with Crippen LogP contribution >= 0.6 is 0 Å². The van der Waals surface area contributed by atoms with Gasteiger partial charge in [-0.2, -0.15) is 5.10 Å². The molecule has 0 aromatic carbocycles. The predicted molar refractivity (Wildman–Crippen MR) is 61.2 cm³/mol. The highest BCUT2D eigenvalue weighted by Crippen LogP contribution is 2.38. The molecule has 0 atom stereocenters. The van der Waals surface area contributed by atoms with E-state index >= 15 is 0 Å². The van der Waals surface area contributed by atoms with Gasteiger partial charge in [0.05, 0.1) is 5.69 Å². The molecule has 4 heteroatoms. The fraction of sp³-hybridized carbons (Fsp3) is 0.583. The van der Waals surface area contributed by atoms with Gasteiger partial charge in [-0.15, -0.1) is 5.10 Å². The van der Waals surface area contributed by atoms with Crippen molar-refractivity contribution in [3.05, 3.63) is 23.5 Å². The highest BCUT2D eigenvalue weighted by Gasteiger charge is 2.25. The van der Waals surface area contributed by atoms with Crippen molar-refractivity contribution in [1.29, 1.82) is 0 Å². The maximum Gasteiger partial charge on any atom is 0.271 e. The molecule has 1 saturated carbocycles. The molecule has 1 N–H and O–H groups in total.